The average molecular weight is 402 g/mol. The summed E-state index contributed by atoms with van der Waals surface area (Å²) in [6.07, 6.45) is 1.72. The molecular formula is C15H20ClN5O2S2. The van der Waals surface area contributed by atoms with Crippen molar-refractivity contribution in [1.82, 2.24) is 23.6 Å². The number of nitrogens with zero attached hydrogens (tertiary/aromatic N) is 5. The Hall–Kier alpha value is -1.26. The maximum atomic E-state index is 12.8. The Bertz CT molecular complexity index is 901. The van der Waals surface area contributed by atoms with E-state index in [-0.39, 0.29) is 9.92 Å². The Morgan fingerprint density at radius 3 is 2.48 bits per heavy atom. The van der Waals surface area contributed by atoms with Gasteiger partial charge in [-0.05, 0) is 31.3 Å². The molecule has 0 spiro atoms. The lowest BCUT2D eigenvalue weighted by Gasteiger charge is -2.33. The molecule has 1 fully saturated rings. The lowest BCUT2D eigenvalue weighted by Crippen LogP contribution is -2.49. The van der Waals surface area contributed by atoms with E-state index < -0.39 is 10.0 Å². The summed E-state index contributed by atoms with van der Waals surface area (Å²) in [5, 5.41) is 4.54. The van der Waals surface area contributed by atoms with E-state index in [0.29, 0.717) is 37.6 Å². The van der Waals surface area contributed by atoms with Gasteiger partial charge in [-0.1, -0.05) is 23.7 Å². The van der Waals surface area contributed by atoms with E-state index >= 15 is 0 Å². The van der Waals surface area contributed by atoms with E-state index in [1.807, 2.05) is 11.5 Å². The summed E-state index contributed by atoms with van der Waals surface area (Å²) in [6.45, 7) is 5.41. The summed E-state index contributed by atoms with van der Waals surface area (Å²) in [6, 6.07) is 6.54. The van der Waals surface area contributed by atoms with Gasteiger partial charge in [-0.3, -0.25) is 4.90 Å². The maximum absolute atomic E-state index is 12.8. The molecule has 2 aromatic rings. The van der Waals surface area contributed by atoms with Crippen molar-refractivity contribution in [3.63, 3.8) is 0 Å². The smallest absolute Gasteiger partial charge is 0.244 e. The van der Waals surface area contributed by atoms with Gasteiger partial charge < -0.3 is 4.57 Å². The van der Waals surface area contributed by atoms with E-state index in [0.717, 1.165) is 6.54 Å². The van der Waals surface area contributed by atoms with Crippen molar-refractivity contribution in [2.45, 2.75) is 25.0 Å². The molecule has 0 saturated carbocycles. The Morgan fingerprint density at radius 1 is 1.20 bits per heavy atom. The molecule has 0 bridgehead atoms. The van der Waals surface area contributed by atoms with Crippen LogP contribution in [-0.2, 0) is 23.2 Å². The van der Waals surface area contributed by atoms with E-state index in [1.54, 1.807) is 35.3 Å². The van der Waals surface area contributed by atoms with Gasteiger partial charge in [0.1, 0.15) is 11.2 Å². The minimum absolute atomic E-state index is 0.161. The highest BCUT2D eigenvalue weighted by Gasteiger charge is 2.30. The average Bonchev–Trinajstić information content (AvgIpc) is 2.95. The first-order valence-electron chi connectivity index (χ1n) is 8.02. The molecular weight excluding hydrogens is 382 g/mol. The van der Waals surface area contributed by atoms with Crippen molar-refractivity contribution >= 4 is 33.8 Å². The van der Waals surface area contributed by atoms with Gasteiger partial charge in [-0.25, -0.2) is 13.1 Å². The van der Waals surface area contributed by atoms with Crippen LogP contribution in [0.4, 0.5) is 0 Å². The number of aryl methyl sites for hydroxylation is 1. The van der Waals surface area contributed by atoms with E-state index in [2.05, 4.69) is 10.00 Å². The highest BCUT2D eigenvalue weighted by atomic mass is 35.5. The molecule has 136 valence electrons. The minimum atomic E-state index is -3.57. The van der Waals surface area contributed by atoms with Crippen LogP contribution in [0.2, 0.25) is 5.02 Å². The molecule has 0 amide bonds. The van der Waals surface area contributed by atoms with Crippen LogP contribution in [0.25, 0.3) is 0 Å². The summed E-state index contributed by atoms with van der Waals surface area (Å²) < 4.78 is 31.3. The van der Waals surface area contributed by atoms with E-state index in [1.165, 1.54) is 4.31 Å². The fourth-order valence-electron chi connectivity index (χ4n) is 2.78. The topological polar surface area (TPSA) is 63.4 Å². The van der Waals surface area contributed by atoms with Crippen LogP contribution < -0.4 is 0 Å². The van der Waals surface area contributed by atoms with Crippen molar-refractivity contribution in [3.05, 3.63) is 40.4 Å². The zero-order chi connectivity index (χ0) is 18.0. The third-order valence-corrected chi connectivity index (χ3v) is 7.10. The monoisotopic (exact) mass is 401 g/mol. The Balaban J connectivity index is 1.66. The Kier molecular flexibility index (Phi) is 5.59. The standard InChI is InChI=1S/C15H20ClN5O2S2/c1-2-19-11-17-21(15(19)24)12-18-7-9-20(10-8-18)25(22,23)14-6-4-3-5-13(14)16/h3-6,11H,2,7-10,12H2,1H3. The summed E-state index contributed by atoms with van der Waals surface area (Å²) in [4.78, 5) is 2.30. The molecule has 0 atom stereocenters. The Labute approximate surface area is 157 Å². The largest absolute Gasteiger partial charge is 0.307 e. The van der Waals surface area contributed by atoms with Gasteiger partial charge in [0.15, 0.2) is 4.77 Å². The molecule has 0 radical (unpaired) electrons. The third kappa shape index (κ3) is 3.80. The second-order valence-electron chi connectivity index (χ2n) is 5.79. The molecule has 2 heterocycles. The van der Waals surface area contributed by atoms with Crippen LogP contribution in [0.15, 0.2) is 35.5 Å². The highest BCUT2D eigenvalue weighted by Crippen LogP contribution is 2.25. The van der Waals surface area contributed by atoms with Crippen molar-refractivity contribution in [2.75, 3.05) is 26.2 Å². The van der Waals surface area contributed by atoms with Crippen LogP contribution >= 0.6 is 23.8 Å². The number of benzene rings is 1. The summed E-state index contributed by atoms with van der Waals surface area (Å²) in [5.74, 6) is 0. The molecule has 0 aliphatic carbocycles. The summed E-state index contributed by atoms with van der Waals surface area (Å²) in [7, 11) is -3.57. The second-order valence-corrected chi connectivity index (χ2v) is 8.47. The minimum Gasteiger partial charge on any atom is -0.307 e. The van der Waals surface area contributed by atoms with Crippen molar-refractivity contribution in [2.24, 2.45) is 0 Å². The molecule has 1 aromatic heterocycles. The van der Waals surface area contributed by atoms with Gasteiger partial charge in [0, 0.05) is 32.7 Å². The zero-order valence-electron chi connectivity index (χ0n) is 13.9. The normalized spacial score (nSPS) is 17.0. The fourth-order valence-corrected chi connectivity index (χ4v) is 4.98. The number of piperazine rings is 1. The molecule has 0 unspecified atom stereocenters. The molecule has 7 nitrogen and oxygen atoms in total. The molecule has 25 heavy (non-hydrogen) atoms. The van der Waals surface area contributed by atoms with Crippen LogP contribution in [0.3, 0.4) is 0 Å². The predicted octanol–water partition coefficient (Wildman–Crippen LogP) is 2.05. The van der Waals surface area contributed by atoms with E-state index in [9.17, 15) is 8.42 Å². The third-order valence-electron chi connectivity index (χ3n) is 4.26. The van der Waals surface area contributed by atoms with Crippen molar-refractivity contribution in [3.8, 4) is 0 Å². The van der Waals surface area contributed by atoms with Crippen LogP contribution in [-0.4, -0.2) is 58.1 Å². The molecule has 1 aliphatic rings. The number of hydrogen-bond acceptors (Lipinski definition) is 5. The number of sulfonamides is 1. The number of rotatable bonds is 5. The molecule has 1 aromatic carbocycles. The van der Waals surface area contributed by atoms with Gasteiger partial charge in [-0.2, -0.15) is 9.40 Å². The molecule has 1 saturated heterocycles. The van der Waals surface area contributed by atoms with Gasteiger partial charge in [0.2, 0.25) is 10.0 Å². The van der Waals surface area contributed by atoms with Gasteiger partial charge >= 0.3 is 0 Å². The molecule has 0 N–H and O–H groups in total. The first kappa shape index (κ1) is 18.5. The first-order valence-corrected chi connectivity index (χ1v) is 10.3. The first-order chi connectivity index (χ1) is 11.9. The number of halogens is 1. The van der Waals surface area contributed by atoms with E-state index in [4.69, 9.17) is 23.8 Å². The lowest BCUT2D eigenvalue weighted by molar-refractivity contribution is 0.144. The quantitative estimate of drug-likeness (QED) is 0.717. The maximum Gasteiger partial charge on any atom is 0.244 e. The molecule has 10 heteroatoms. The van der Waals surface area contributed by atoms with Crippen LogP contribution in [0.1, 0.15) is 6.92 Å². The number of aromatic nitrogens is 3. The van der Waals surface area contributed by atoms with Crippen LogP contribution in [0, 0.1) is 4.77 Å². The van der Waals surface area contributed by atoms with Crippen LogP contribution in [0.5, 0.6) is 0 Å². The second kappa shape index (κ2) is 7.55. The Morgan fingerprint density at radius 2 is 1.88 bits per heavy atom. The van der Waals surface area contributed by atoms with Gasteiger partial charge in [0.05, 0.1) is 11.7 Å². The zero-order valence-corrected chi connectivity index (χ0v) is 16.3. The lowest BCUT2D eigenvalue weighted by atomic mass is 10.4. The van der Waals surface area contributed by atoms with Gasteiger partial charge in [-0.15, -0.1) is 0 Å². The van der Waals surface area contributed by atoms with Gasteiger partial charge in [0.25, 0.3) is 0 Å². The highest BCUT2D eigenvalue weighted by molar-refractivity contribution is 7.89. The predicted molar refractivity (Wildman–Crippen MR) is 98.5 cm³/mol. The van der Waals surface area contributed by atoms with Crippen molar-refractivity contribution in [1.29, 1.82) is 0 Å². The number of hydrogen-bond donors (Lipinski definition) is 0. The summed E-state index contributed by atoms with van der Waals surface area (Å²) >= 11 is 11.4. The summed E-state index contributed by atoms with van der Waals surface area (Å²) in [5.41, 5.74) is 0. The molecule has 1 aliphatic heterocycles. The fraction of sp³-hybridized carbons (Fsp3) is 0.467. The molecule has 3 rings (SSSR count). The SMILES string of the molecule is CCn1cnn(CN2CCN(S(=O)(=O)c3ccccc3Cl)CC2)c1=S. The van der Waals surface area contributed by atoms with Crippen molar-refractivity contribution < 1.29 is 8.42 Å².